The molecule has 4 nitrogen and oxygen atoms in total. The minimum absolute atomic E-state index is 0.107. The van der Waals surface area contributed by atoms with Crippen molar-refractivity contribution in [3.05, 3.63) is 65.2 Å². The number of rotatable bonds is 4. The molecule has 0 aromatic heterocycles. The molecule has 3 N–H and O–H groups in total. The summed E-state index contributed by atoms with van der Waals surface area (Å²) < 4.78 is 26.1. The van der Waals surface area contributed by atoms with Crippen molar-refractivity contribution in [1.82, 2.24) is 5.32 Å². The van der Waals surface area contributed by atoms with E-state index in [4.69, 9.17) is 5.11 Å². The first-order valence-corrected chi connectivity index (χ1v) is 6.27. The molecule has 2 amide bonds. The van der Waals surface area contributed by atoms with E-state index in [-0.39, 0.29) is 18.8 Å². The van der Waals surface area contributed by atoms with Crippen molar-refractivity contribution in [2.75, 3.05) is 5.32 Å². The number of carbonyl (C=O) groups excluding carboxylic acids is 1. The summed E-state index contributed by atoms with van der Waals surface area (Å²) in [5, 5.41) is 14.0. The summed E-state index contributed by atoms with van der Waals surface area (Å²) in [4.78, 5) is 11.7. The standard InChI is InChI=1S/C15H14F2N2O2/c16-12-5-6-14(13(17)7-12)19-15(21)18-8-10-3-1-2-4-11(10)9-20/h1-7,20H,8-9H2,(H2,18,19,21). The van der Waals surface area contributed by atoms with E-state index in [1.807, 2.05) is 0 Å². The Labute approximate surface area is 120 Å². The van der Waals surface area contributed by atoms with Crippen LogP contribution in [0.4, 0.5) is 19.3 Å². The topological polar surface area (TPSA) is 61.4 Å². The molecule has 0 aliphatic heterocycles. The Morgan fingerprint density at radius 3 is 2.48 bits per heavy atom. The molecule has 2 rings (SSSR count). The third-order valence-corrected chi connectivity index (χ3v) is 2.91. The van der Waals surface area contributed by atoms with Crippen molar-refractivity contribution in [3.63, 3.8) is 0 Å². The molecule has 6 heteroatoms. The van der Waals surface area contributed by atoms with Crippen LogP contribution in [-0.2, 0) is 13.2 Å². The Bertz CT molecular complexity index is 647. The Hall–Kier alpha value is -2.47. The zero-order chi connectivity index (χ0) is 15.2. The molecule has 0 bridgehead atoms. The van der Waals surface area contributed by atoms with E-state index in [1.54, 1.807) is 24.3 Å². The molecular weight excluding hydrogens is 278 g/mol. The average molecular weight is 292 g/mol. The largest absolute Gasteiger partial charge is 0.392 e. The molecule has 21 heavy (non-hydrogen) atoms. The van der Waals surface area contributed by atoms with Gasteiger partial charge in [0.1, 0.15) is 11.6 Å². The van der Waals surface area contributed by atoms with Crippen LogP contribution in [-0.4, -0.2) is 11.1 Å². The summed E-state index contributed by atoms with van der Waals surface area (Å²) in [6.45, 7) is 0.0530. The highest BCUT2D eigenvalue weighted by atomic mass is 19.1. The zero-order valence-corrected chi connectivity index (χ0v) is 11.1. The van der Waals surface area contributed by atoms with Gasteiger partial charge in [-0.25, -0.2) is 13.6 Å². The molecule has 0 heterocycles. The van der Waals surface area contributed by atoms with Gasteiger partial charge in [0.05, 0.1) is 12.3 Å². The van der Waals surface area contributed by atoms with Gasteiger partial charge in [0.15, 0.2) is 0 Å². The quantitative estimate of drug-likeness (QED) is 0.811. The van der Waals surface area contributed by atoms with Crippen molar-refractivity contribution in [3.8, 4) is 0 Å². The van der Waals surface area contributed by atoms with Crippen LogP contribution in [0.1, 0.15) is 11.1 Å². The first-order chi connectivity index (χ1) is 10.1. The molecular formula is C15H14F2N2O2. The molecule has 0 unspecified atom stereocenters. The van der Waals surface area contributed by atoms with Crippen LogP contribution in [0.3, 0.4) is 0 Å². The molecule has 0 saturated heterocycles. The fourth-order valence-corrected chi connectivity index (χ4v) is 1.82. The summed E-state index contributed by atoms with van der Waals surface area (Å²) in [7, 11) is 0. The third-order valence-electron chi connectivity index (χ3n) is 2.91. The minimum Gasteiger partial charge on any atom is -0.392 e. The third kappa shape index (κ3) is 4.00. The van der Waals surface area contributed by atoms with Crippen LogP contribution in [0.5, 0.6) is 0 Å². The van der Waals surface area contributed by atoms with Gasteiger partial charge in [0.25, 0.3) is 0 Å². The van der Waals surface area contributed by atoms with Crippen LogP contribution in [0.15, 0.2) is 42.5 Å². The number of halogens is 2. The molecule has 2 aromatic carbocycles. The van der Waals surface area contributed by atoms with E-state index in [9.17, 15) is 13.6 Å². The number of carbonyl (C=O) groups is 1. The van der Waals surface area contributed by atoms with Gasteiger partial charge in [-0.05, 0) is 23.3 Å². The van der Waals surface area contributed by atoms with Crippen molar-refractivity contribution in [2.45, 2.75) is 13.2 Å². The Morgan fingerprint density at radius 1 is 1.10 bits per heavy atom. The molecule has 0 radical (unpaired) electrons. The lowest BCUT2D eigenvalue weighted by Crippen LogP contribution is -2.29. The summed E-state index contributed by atoms with van der Waals surface area (Å²) in [5.74, 6) is -1.56. The monoisotopic (exact) mass is 292 g/mol. The van der Waals surface area contributed by atoms with Gasteiger partial charge in [-0.1, -0.05) is 24.3 Å². The van der Waals surface area contributed by atoms with Crippen LogP contribution in [0.2, 0.25) is 0 Å². The van der Waals surface area contributed by atoms with Gasteiger partial charge in [-0.2, -0.15) is 0 Å². The SMILES string of the molecule is O=C(NCc1ccccc1CO)Nc1ccc(F)cc1F. The average Bonchev–Trinajstić information content (AvgIpc) is 2.48. The first-order valence-electron chi connectivity index (χ1n) is 6.27. The number of urea groups is 1. The maximum Gasteiger partial charge on any atom is 0.319 e. The molecule has 0 atom stereocenters. The molecule has 0 saturated carbocycles. The number of nitrogens with one attached hydrogen (secondary N) is 2. The van der Waals surface area contributed by atoms with Crippen LogP contribution < -0.4 is 10.6 Å². The lowest BCUT2D eigenvalue weighted by molar-refractivity contribution is 0.251. The summed E-state index contributed by atoms with van der Waals surface area (Å²) in [6.07, 6.45) is 0. The second kappa shape index (κ2) is 6.81. The number of amides is 2. The number of aliphatic hydroxyl groups is 1. The second-order valence-corrected chi connectivity index (χ2v) is 4.36. The Morgan fingerprint density at radius 2 is 1.81 bits per heavy atom. The van der Waals surface area contributed by atoms with Gasteiger partial charge >= 0.3 is 6.03 Å². The van der Waals surface area contributed by atoms with Crippen molar-refractivity contribution in [2.24, 2.45) is 0 Å². The van der Waals surface area contributed by atoms with Crippen LogP contribution in [0, 0.1) is 11.6 Å². The van der Waals surface area contributed by atoms with E-state index in [1.165, 1.54) is 0 Å². The second-order valence-electron chi connectivity index (χ2n) is 4.36. The maximum absolute atomic E-state index is 13.4. The predicted octanol–water partition coefficient (Wildman–Crippen LogP) is 2.78. The Kier molecular flexibility index (Phi) is 4.84. The van der Waals surface area contributed by atoms with E-state index in [0.29, 0.717) is 11.6 Å². The molecule has 0 spiro atoms. The van der Waals surface area contributed by atoms with Gasteiger partial charge in [0, 0.05) is 12.6 Å². The maximum atomic E-state index is 13.4. The number of hydrogen-bond acceptors (Lipinski definition) is 2. The predicted molar refractivity (Wildman–Crippen MR) is 74.6 cm³/mol. The Balaban J connectivity index is 1.96. The normalized spacial score (nSPS) is 10.2. The highest BCUT2D eigenvalue weighted by Crippen LogP contribution is 2.14. The van der Waals surface area contributed by atoms with E-state index in [0.717, 1.165) is 17.7 Å². The number of anilines is 1. The van der Waals surface area contributed by atoms with Gasteiger partial charge in [0.2, 0.25) is 0 Å². The number of benzene rings is 2. The summed E-state index contributed by atoms with van der Waals surface area (Å²) in [5.41, 5.74) is 1.35. The molecule has 0 aliphatic rings. The van der Waals surface area contributed by atoms with E-state index < -0.39 is 17.7 Å². The summed E-state index contributed by atoms with van der Waals surface area (Å²) >= 11 is 0. The highest BCUT2D eigenvalue weighted by Gasteiger charge is 2.08. The lowest BCUT2D eigenvalue weighted by Gasteiger charge is -2.10. The van der Waals surface area contributed by atoms with Crippen molar-refractivity contribution < 1.29 is 18.7 Å². The lowest BCUT2D eigenvalue weighted by atomic mass is 10.1. The smallest absolute Gasteiger partial charge is 0.319 e. The molecule has 110 valence electrons. The minimum atomic E-state index is -0.846. The molecule has 0 aliphatic carbocycles. The van der Waals surface area contributed by atoms with Crippen molar-refractivity contribution >= 4 is 11.7 Å². The fourth-order valence-electron chi connectivity index (χ4n) is 1.82. The van der Waals surface area contributed by atoms with Crippen molar-refractivity contribution in [1.29, 1.82) is 0 Å². The van der Waals surface area contributed by atoms with Gasteiger partial charge < -0.3 is 15.7 Å². The van der Waals surface area contributed by atoms with E-state index >= 15 is 0 Å². The van der Waals surface area contributed by atoms with Gasteiger partial charge in [-0.15, -0.1) is 0 Å². The van der Waals surface area contributed by atoms with Crippen LogP contribution in [0.25, 0.3) is 0 Å². The van der Waals surface area contributed by atoms with Gasteiger partial charge in [-0.3, -0.25) is 0 Å². The fraction of sp³-hybridized carbons (Fsp3) is 0.133. The first kappa shape index (κ1) is 14.9. The van der Waals surface area contributed by atoms with E-state index in [2.05, 4.69) is 10.6 Å². The summed E-state index contributed by atoms with van der Waals surface area (Å²) in [6, 6.07) is 9.35. The van der Waals surface area contributed by atoms with Crippen LogP contribution >= 0.6 is 0 Å². The molecule has 2 aromatic rings. The highest BCUT2D eigenvalue weighted by molar-refractivity contribution is 5.89. The number of hydrogen-bond donors (Lipinski definition) is 3. The number of aliphatic hydroxyl groups excluding tert-OH is 1. The zero-order valence-electron chi connectivity index (χ0n) is 11.1. The molecule has 0 fully saturated rings.